The van der Waals surface area contributed by atoms with Crippen LogP contribution >= 0.6 is 0 Å². The van der Waals surface area contributed by atoms with Crippen LogP contribution in [0.25, 0.3) is 11.2 Å². The molecule has 0 atom stereocenters. The van der Waals surface area contributed by atoms with Crippen molar-refractivity contribution in [2.45, 2.75) is 43.6 Å². The van der Waals surface area contributed by atoms with Gasteiger partial charge in [-0.25, -0.2) is 18.2 Å². The molecule has 0 aliphatic heterocycles. The van der Waals surface area contributed by atoms with E-state index in [0.717, 1.165) is 26.5 Å². The van der Waals surface area contributed by atoms with Crippen LogP contribution in [0.2, 0.25) is 0 Å². The van der Waals surface area contributed by atoms with Gasteiger partial charge in [-0.1, -0.05) is 11.8 Å². The van der Waals surface area contributed by atoms with Gasteiger partial charge in [0.25, 0.3) is 5.56 Å². The molecule has 2 aliphatic carbocycles. The van der Waals surface area contributed by atoms with Crippen LogP contribution in [0, 0.1) is 23.7 Å². The third-order valence-electron chi connectivity index (χ3n) is 6.53. The van der Waals surface area contributed by atoms with Crippen LogP contribution in [0.5, 0.6) is 0 Å². The van der Waals surface area contributed by atoms with Gasteiger partial charge in [0.05, 0.1) is 12.3 Å². The van der Waals surface area contributed by atoms with Gasteiger partial charge >= 0.3 is 11.9 Å². The number of aryl methyl sites for hydroxylation is 1. The van der Waals surface area contributed by atoms with Crippen molar-refractivity contribution >= 4 is 32.7 Å². The molecule has 1 N–H and O–H groups in total. The fraction of sp³-hybridized carbons (Fsp3) is 0.458. The summed E-state index contributed by atoms with van der Waals surface area (Å²) in [6.45, 7) is -0.407. The summed E-state index contributed by atoms with van der Waals surface area (Å²) in [6.07, 6.45) is -1.94. The van der Waals surface area contributed by atoms with Gasteiger partial charge in [-0.15, -0.1) is 0 Å². The number of fused-ring (bicyclic) bond motifs is 1. The fourth-order valence-electron chi connectivity index (χ4n) is 4.11. The molecule has 39 heavy (non-hydrogen) atoms. The highest BCUT2D eigenvalue weighted by molar-refractivity contribution is 7.91. The summed E-state index contributed by atoms with van der Waals surface area (Å²) in [6, 6.07) is 1.90. The molecule has 2 saturated carbocycles. The van der Waals surface area contributed by atoms with Crippen molar-refractivity contribution in [3.63, 3.8) is 0 Å². The first-order chi connectivity index (χ1) is 18.3. The number of amides is 1. The van der Waals surface area contributed by atoms with E-state index in [9.17, 15) is 36.0 Å². The molecule has 0 bridgehead atoms. The number of nitrogens with one attached hydrogen (secondary N) is 1. The Hall–Kier alpha value is -3.93. The monoisotopic (exact) mass is 564 g/mol. The second kappa shape index (κ2) is 9.37. The van der Waals surface area contributed by atoms with Gasteiger partial charge in [-0.3, -0.25) is 18.7 Å². The number of nitrogens with zero attached hydrogens (tertiary/aromatic N) is 5. The Kier molecular flexibility index (Phi) is 6.41. The molecule has 0 spiro atoms. The number of carbonyl (C=O) groups excluding carboxylic acids is 1. The van der Waals surface area contributed by atoms with Crippen LogP contribution < -0.4 is 16.6 Å². The number of hydrogen-bond acceptors (Lipinski definition) is 7. The average molecular weight is 565 g/mol. The van der Waals surface area contributed by atoms with Gasteiger partial charge in [0, 0.05) is 25.6 Å². The van der Waals surface area contributed by atoms with Crippen molar-refractivity contribution in [1.82, 2.24) is 23.7 Å². The fourth-order valence-corrected chi connectivity index (χ4v) is 5.94. The van der Waals surface area contributed by atoms with E-state index in [4.69, 9.17) is 0 Å². The number of rotatable bonds is 6. The van der Waals surface area contributed by atoms with Crippen LogP contribution in [-0.2, 0) is 41.4 Å². The number of imidazole rings is 1. The van der Waals surface area contributed by atoms with E-state index in [1.165, 1.54) is 20.2 Å². The van der Waals surface area contributed by atoms with Crippen LogP contribution in [0.15, 0.2) is 26.9 Å². The average Bonchev–Trinajstić information content (AvgIpc) is 3.78. The summed E-state index contributed by atoms with van der Waals surface area (Å²) in [4.78, 5) is 45.3. The van der Waals surface area contributed by atoms with Crippen molar-refractivity contribution in [1.29, 1.82) is 0 Å². The van der Waals surface area contributed by atoms with Gasteiger partial charge in [0.1, 0.15) is 11.5 Å². The van der Waals surface area contributed by atoms with Crippen molar-refractivity contribution in [2.24, 2.45) is 25.9 Å². The minimum Gasteiger partial charge on any atom is -0.312 e. The maximum atomic E-state index is 13.4. The molecule has 0 saturated heterocycles. The van der Waals surface area contributed by atoms with E-state index in [0.29, 0.717) is 18.9 Å². The summed E-state index contributed by atoms with van der Waals surface area (Å²) >= 11 is 0. The first-order valence-electron chi connectivity index (χ1n) is 12.0. The van der Waals surface area contributed by atoms with E-state index < -0.39 is 45.4 Å². The van der Waals surface area contributed by atoms with Crippen molar-refractivity contribution in [2.75, 3.05) is 11.1 Å². The standard InChI is InChI=1S/C24H23F3N6O5S/c1-31-18-19(30-22(31)39(37,38)12-13-5-6-13)33(23(36)32(2)21(18)35)9-3-4-14-10-16(24(25,26)27)28-17(11-14)29-20(34)15-7-8-15/h10-11,13,15H,5-9,12H2,1-2H3,(H,28,29,34). The van der Waals surface area contributed by atoms with Crippen LogP contribution in [-0.4, -0.2) is 43.7 Å². The third kappa shape index (κ3) is 5.33. The van der Waals surface area contributed by atoms with E-state index >= 15 is 0 Å². The SMILES string of the molecule is Cn1c(=O)c2c(nc(S(=O)(=O)CC3CC3)n2C)n(CC#Cc2cc(NC(=O)C3CC3)nc(C(F)(F)F)c2)c1=O. The summed E-state index contributed by atoms with van der Waals surface area (Å²) in [5.74, 6) is 4.03. The maximum absolute atomic E-state index is 13.4. The number of hydrogen-bond donors (Lipinski definition) is 1. The van der Waals surface area contributed by atoms with Gasteiger partial charge in [-0.05, 0) is 43.7 Å². The molecule has 2 aliphatic rings. The number of pyridine rings is 1. The Morgan fingerprint density at radius 1 is 1.10 bits per heavy atom. The van der Waals surface area contributed by atoms with Crippen molar-refractivity contribution in [3.8, 4) is 11.8 Å². The summed E-state index contributed by atoms with van der Waals surface area (Å²) in [5, 5.41) is 2.02. The van der Waals surface area contributed by atoms with E-state index in [1.807, 2.05) is 0 Å². The van der Waals surface area contributed by atoms with Crippen molar-refractivity contribution < 1.29 is 26.4 Å². The quantitative estimate of drug-likeness (QED) is 0.447. The zero-order valence-electron chi connectivity index (χ0n) is 20.9. The molecule has 3 aromatic heterocycles. The van der Waals surface area contributed by atoms with Gasteiger partial charge in [0.15, 0.2) is 11.2 Å². The molecule has 1 amide bonds. The van der Waals surface area contributed by atoms with Gasteiger partial charge < -0.3 is 9.88 Å². The molecule has 0 aromatic carbocycles. The Morgan fingerprint density at radius 2 is 1.79 bits per heavy atom. The zero-order valence-corrected chi connectivity index (χ0v) is 21.7. The maximum Gasteiger partial charge on any atom is 0.433 e. The van der Waals surface area contributed by atoms with Gasteiger partial charge in [-0.2, -0.15) is 18.2 Å². The predicted octanol–water partition coefficient (Wildman–Crippen LogP) is 1.43. The first-order valence-corrected chi connectivity index (χ1v) is 13.7. The zero-order chi connectivity index (χ0) is 28.3. The molecule has 11 nitrogen and oxygen atoms in total. The number of sulfone groups is 1. The second-order valence-corrected chi connectivity index (χ2v) is 11.7. The van der Waals surface area contributed by atoms with E-state index in [-0.39, 0.29) is 45.3 Å². The second-order valence-electron chi connectivity index (χ2n) is 9.77. The molecule has 3 heterocycles. The number of anilines is 1. The van der Waals surface area contributed by atoms with Crippen molar-refractivity contribution in [3.05, 3.63) is 44.2 Å². The van der Waals surface area contributed by atoms with E-state index in [2.05, 4.69) is 27.1 Å². The Balaban J connectivity index is 1.54. The normalized spacial score (nSPS) is 15.7. The molecular formula is C24H23F3N6O5S. The predicted molar refractivity (Wildman–Crippen MR) is 132 cm³/mol. The summed E-state index contributed by atoms with van der Waals surface area (Å²) in [5.41, 5.74) is -3.27. The minimum atomic E-state index is -4.80. The lowest BCUT2D eigenvalue weighted by atomic mass is 10.2. The van der Waals surface area contributed by atoms with Gasteiger partial charge in [0.2, 0.25) is 20.9 Å². The molecule has 206 valence electrons. The lowest BCUT2D eigenvalue weighted by molar-refractivity contribution is -0.141. The highest BCUT2D eigenvalue weighted by atomic mass is 32.2. The largest absolute Gasteiger partial charge is 0.433 e. The number of carbonyl (C=O) groups is 1. The van der Waals surface area contributed by atoms with Crippen LogP contribution in [0.3, 0.4) is 0 Å². The summed E-state index contributed by atoms with van der Waals surface area (Å²) in [7, 11) is -1.26. The minimum absolute atomic E-state index is 0.0200. The topological polar surface area (TPSA) is 138 Å². The Bertz CT molecular complexity index is 1800. The molecule has 5 rings (SSSR count). The molecular weight excluding hydrogens is 541 g/mol. The number of aromatic nitrogens is 5. The molecule has 15 heteroatoms. The summed E-state index contributed by atoms with van der Waals surface area (Å²) < 4.78 is 68.9. The van der Waals surface area contributed by atoms with Crippen LogP contribution in [0.4, 0.5) is 19.0 Å². The smallest absolute Gasteiger partial charge is 0.312 e. The third-order valence-corrected chi connectivity index (χ3v) is 8.36. The Labute approximate surface area is 219 Å². The molecule has 0 unspecified atom stereocenters. The van der Waals surface area contributed by atoms with E-state index in [1.54, 1.807) is 0 Å². The lowest BCUT2D eigenvalue weighted by Gasteiger charge is -2.10. The number of alkyl halides is 3. The molecule has 0 radical (unpaired) electrons. The number of halogens is 3. The first kappa shape index (κ1) is 26.7. The molecule has 2 fully saturated rings. The molecule has 3 aromatic rings. The van der Waals surface area contributed by atoms with Crippen LogP contribution in [0.1, 0.15) is 36.9 Å². The highest BCUT2D eigenvalue weighted by Gasteiger charge is 2.35. The Morgan fingerprint density at radius 3 is 2.41 bits per heavy atom. The lowest BCUT2D eigenvalue weighted by Crippen LogP contribution is -2.38. The highest BCUT2D eigenvalue weighted by Crippen LogP contribution is 2.33.